The van der Waals surface area contributed by atoms with Crippen molar-refractivity contribution in [2.45, 2.75) is 0 Å². The number of nitrogens with zero attached hydrogens (tertiary/aromatic N) is 2. The number of rotatable bonds is 3. The third-order valence-corrected chi connectivity index (χ3v) is 0.231. The van der Waals surface area contributed by atoms with Crippen molar-refractivity contribution in [2.24, 2.45) is 10.4 Å². The summed E-state index contributed by atoms with van der Waals surface area (Å²) in [6.07, 6.45) is 0. The predicted molar refractivity (Wildman–Crippen MR) is 20.8 cm³/mol. The summed E-state index contributed by atoms with van der Waals surface area (Å²) in [6.45, 7) is 0.774. The summed E-state index contributed by atoms with van der Waals surface area (Å²) in [6, 6.07) is 0. The molecule has 0 aromatic rings. The zero-order valence-corrected chi connectivity index (χ0v) is 3.00. The van der Waals surface area contributed by atoms with Crippen molar-refractivity contribution in [3.63, 3.8) is 0 Å². The fourth-order valence-corrected chi connectivity index (χ4v) is 0.0667. The molecule has 0 rings (SSSR count). The van der Waals surface area contributed by atoms with E-state index in [0.717, 1.165) is 6.54 Å². The summed E-state index contributed by atoms with van der Waals surface area (Å²) in [4.78, 5) is 18.1. The van der Waals surface area contributed by atoms with Gasteiger partial charge in [-0.05, 0) is 0 Å². The molecule has 0 spiro atoms. The Morgan fingerprint density at radius 2 is 2.17 bits per heavy atom. The van der Waals surface area contributed by atoms with Crippen LogP contribution in [0.5, 0.6) is 0 Å². The summed E-state index contributed by atoms with van der Waals surface area (Å²) in [5, 5.41) is 4.58. The van der Waals surface area contributed by atoms with Crippen LogP contribution in [0, 0.1) is 16.4 Å². The summed E-state index contributed by atoms with van der Waals surface area (Å²) in [5.74, 6) is 0. The normalized spacial score (nSPS) is 7.33. The minimum absolute atomic E-state index is 0.122. The van der Waals surface area contributed by atoms with E-state index in [2.05, 4.69) is 10.4 Å². The maximum atomic E-state index is 9.08. The second-order valence-electron chi connectivity index (χ2n) is 0.600. The Morgan fingerprint density at radius 1 is 1.50 bits per heavy atom. The Labute approximate surface area is 34.5 Å². The van der Waals surface area contributed by atoms with E-state index >= 15 is 0 Å². The molecule has 0 N–H and O–H groups in total. The molecule has 0 aromatic carbocycles. The molecule has 0 unspecified atom stereocenters. The number of nitroso groups, excluding NO2 is 2. The second kappa shape index (κ2) is 4.20. The Kier molecular flexibility index (Phi) is 3.64. The fraction of sp³-hybridized carbons (Fsp3) is 0.500. The van der Waals surface area contributed by atoms with Gasteiger partial charge in [-0.2, -0.15) is 9.81 Å². The molecule has 0 heterocycles. The molecule has 0 fully saturated rings. The van der Waals surface area contributed by atoms with Gasteiger partial charge >= 0.3 is 0 Å². The van der Waals surface area contributed by atoms with Crippen LogP contribution in [0.15, 0.2) is 10.4 Å². The second-order valence-corrected chi connectivity index (χ2v) is 0.600. The van der Waals surface area contributed by atoms with Crippen LogP contribution in [0.1, 0.15) is 0 Å². The van der Waals surface area contributed by atoms with Crippen LogP contribution >= 0.6 is 0 Å². The van der Waals surface area contributed by atoms with Gasteiger partial charge in [-0.15, -0.1) is 0 Å². The van der Waals surface area contributed by atoms with Crippen molar-refractivity contribution in [3.05, 3.63) is 16.4 Å². The smallest absolute Gasteiger partial charge is 0.142 e. The van der Waals surface area contributed by atoms with Crippen LogP contribution in [0.2, 0.25) is 0 Å². The van der Waals surface area contributed by atoms with Gasteiger partial charge in [-0.3, -0.25) is 0 Å². The van der Waals surface area contributed by atoms with E-state index in [4.69, 9.17) is 9.81 Å². The first-order valence-corrected chi connectivity index (χ1v) is 1.35. The SMILES string of the molecule is O=N[CH]CN=O. The van der Waals surface area contributed by atoms with Crippen molar-refractivity contribution >= 4 is 0 Å². The summed E-state index contributed by atoms with van der Waals surface area (Å²) in [7, 11) is 0. The summed E-state index contributed by atoms with van der Waals surface area (Å²) in [5.41, 5.74) is 0. The van der Waals surface area contributed by atoms with Gasteiger partial charge in [0, 0.05) is 0 Å². The molecule has 0 aliphatic heterocycles. The first-order chi connectivity index (χ1) is 2.91. The van der Waals surface area contributed by atoms with E-state index in [0.29, 0.717) is 0 Å². The molecule has 4 heteroatoms. The Hall–Kier alpha value is -0.800. The lowest BCUT2D eigenvalue weighted by atomic mass is 10.7. The van der Waals surface area contributed by atoms with Gasteiger partial charge in [-0.1, -0.05) is 10.4 Å². The average molecular weight is 87.1 g/mol. The van der Waals surface area contributed by atoms with Gasteiger partial charge in [0.25, 0.3) is 0 Å². The van der Waals surface area contributed by atoms with Crippen LogP contribution in [-0.2, 0) is 0 Å². The molecular formula is C2H3N2O2. The van der Waals surface area contributed by atoms with E-state index in [9.17, 15) is 0 Å². The summed E-state index contributed by atoms with van der Waals surface area (Å²) < 4.78 is 0. The molecule has 0 bridgehead atoms. The average Bonchev–Trinajstić information content (AvgIpc) is 1.61. The first-order valence-electron chi connectivity index (χ1n) is 1.35. The maximum Gasteiger partial charge on any atom is 0.142 e. The van der Waals surface area contributed by atoms with Crippen LogP contribution in [0.3, 0.4) is 0 Å². The van der Waals surface area contributed by atoms with Gasteiger partial charge < -0.3 is 0 Å². The predicted octanol–water partition coefficient (Wildman–Crippen LogP) is 0.681. The molecule has 33 valence electrons. The highest BCUT2D eigenvalue weighted by Gasteiger charge is 1.77. The zero-order valence-electron chi connectivity index (χ0n) is 3.00. The Morgan fingerprint density at radius 3 is 2.33 bits per heavy atom. The van der Waals surface area contributed by atoms with E-state index in [1.807, 2.05) is 0 Å². The molecule has 0 aromatic heterocycles. The van der Waals surface area contributed by atoms with Crippen LogP contribution in [0.4, 0.5) is 0 Å². The quantitative estimate of drug-likeness (QED) is 0.375. The maximum absolute atomic E-state index is 9.08. The zero-order chi connectivity index (χ0) is 4.83. The van der Waals surface area contributed by atoms with E-state index in [1.54, 1.807) is 0 Å². The van der Waals surface area contributed by atoms with Crippen LogP contribution in [-0.4, -0.2) is 6.54 Å². The highest BCUT2D eigenvalue weighted by Crippen LogP contribution is 1.74. The molecule has 4 nitrogen and oxygen atoms in total. The van der Waals surface area contributed by atoms with E-state index < -0.39 is 0 Å². The lowest BCUT2D eigenvalue weighted by Gasteiger charge is -1.66. The lowest BCUT2D eigenvalue weighted by Crippen LogP contribution is -1.70. The third-order valence-electron chi connectivity index (χ3n) is 0.231. The third kappa shape index (κ3) is 3.20. The fourth-order valence-electron chi connectivity index (χ4n) is 0.0667. The van der Waals surface area contributed by atoms with Crippen molar-refractivity contribution in [2.75, 3.05) is 6.54 Å². The summed E-state index contributed by atoms with van der Waals surface area (Å²) >= 11 is 0. The molecule has 0 atom stereocenters. The van der Waals surface area contributed by atoms with E-state index in [-0.39, 0.29) is 6.54 Å². The van der Waals surface area contributed by atoms with Crippen molar-refractivity contribution < 1.29 is 0 Å². The van der Waals surface area contributed by atoms with Gasteiger partial charge in [0.1, 0.15) is 13.1 Å². The molecule has 6 heavy (non-hydrogen) atoms. The van der Waals surface area contributed by atoms with E-state index in [1.165, 1.54) is 0 Å². The van der Waals surface area contributed by atoms with Gasteiger partial charge in [0.05, 0.1) is 0 Å². The van der Waals surface area contributed by atoms with Gasteiger partial charge in [0.2, 0.25) is 0 Å². The van der Waals surface area contributed by atoms with Crippen molar-refractivity contribution in [1.29, 1.82) is 0 Å². The van der Waals surface area contributed by atoms with Crippen molar-refractivity contribution in [1.82, 2.24) is 0 Å². The Bertz CT molecular complexity index is 45.5. The van der Waals surface area contributed by atoms with Crippen molar-refractivity contribution in [3.8, 4) is 0 Å². The minimum Gasteiger partial charge on any atom is -0.151 e. The highest BCUT2D eigenvalue weighted by atomic mass is 16.3. The van der Waals surface area contributed by atoms with Gasteiger partial charge in [-0.25, -0.2) is 0 Å². The Balaban J connectivity index is 2.66. The largest absolute Gasteiger partial charge is 0.151 e. The lowest BCUT2D eigenvalue weighted by molar-refractivity contribution is 1.08. The van der Waals surface area contributed by atoms with Gasteiger partial charge in [0.15, 0.2) is 0 Å². The minimum atomic E-state index is -0.122. The molecule has 0 saturated carbocycles. The van der Waals surface area contributed by atoms with Crippen LogP contribution in [0.25, 0.3) is 0 Å². The van der Waals surface area contributed by atoms with Crippen LogP contribution < -0.4 is 0 Å². The number of hydrogen-bond acceptors (Lipinski definition) is 4. The molecule has 0 saturated heterocycles. The molecule has 0 aliphatic carbocycles. The topological polar surface area (TPSA) is 58.9 Å². The molecule has 0 amide bonds. The highest BCUT2D eigenvalue weighted by molar-refractivity contribution is 4.60. The molecule has 0 aliphatic rings. The monoisotopic (exact) mass is 87.0 g/mol. The molecular weight excluding hydrogens is 84.0 g/mol. The first kappa shape index (κ1) is 5.20. The number of hydrogen-bond donors (Lipinski definition) is 0. The standard InChI is InChI=1S/C2H3N2O2/c5-3-1-2-4-6/h1H,2H2. The molecule has 1 radical (unpaired) electrons.